The first-order valence-electron chi connectivity index (χ1n) is 13.4. The van der Waals surface area contributed by atoms with Crippen molar-refractivity contribution in [1.82, 2.24) is 15.3 Å². The first-order chi connectivity index (χ1) is 16.3. The highest BCUT2D eigenvalue weighted by atomic mass is 15.2. The normalized spacial score (nSPS) is 20.2. The fourth-order valence-corrected chi connectivity index (χ4v) is 5.68. The lowest BCUT2D eigenvalue weighted by atomic mass is 9.88. The molecule has 5 heteroatoms. The molecule has 0 unspecified atom stereocenters. The quantitative estimate of drug-likeness (QED) is 0.501. The highest BCUT2D eigenvalue weighted by Crippen LogP contribution is 2.33. The lowest BCUT2D eigenvalue weighted by Gasteiger charge is -2.22. The van der Waals surface area contributed by atoms with Crippen LogP contribution in [0.2, 0.25) is 0 Å². The van der Waals surface area contributed by atoms with E-state index in [2.05, 4.69) is 46.0 Å². The highest BCUT2D eigenvalue weighted by Gasteiger charge is 2.20. The van der Waals surface area contributed by atoms with Crippen LogP contribution < -0.4 is 10.6 Å². The van der Waals surface area contributed by atoms with Gasteiger partial charge in [0.25, 0.3) is 0 Å². The number of hydrogen-bond donors (Lipinski definition) is 2. The lowest BCUT2D eigenvalue weighted by Crippen LogP contribution is -2.26. The number of nitrogens with one attached hydrogen (secondary N) is 2. The van der Waals surface area contributed by atoms with Crippen LogP contribution in [0.15, 0.2) is 35.3 Å². The van der Waals surface area contributed by atoms with Gasteiger partial charge in [0.1, 0.15) is 5.82 Å². The van der Waals surface area contributed by atoms with Gasteiger partial charge in [-0.25, -0.2) is 9.97 Å². The number of aromatic nitrogens is 2. The van der Waals surface area contributed by atoms with Gasteiger partial charge in [0.15, 0.2) is 5.96 Å². The van der Waals surface area contributed by atoms with E-state index in [0.29, 0.717) is 5.92 Å². The van der Waals surface area contributed by atoms with E-state index in [4.69, 9.17) is 9.97 Å². The summed E-state index contributed by atoms with van der Waals surface area (Å²) in [5.41, 5.74) is 4.57. The zero-order valence-corrected chi connectivity index (χ0v) is 20.0. The van der Waals surface area contributed by atoms with Crippen molar-refractivity contribution in [3.05, 3.63) is 41.9 Å². The van der Waals surface area contributed by atoms with E-state index in [1.54, 1.807) is 0 Å². The van der Waals surface area contributed by atoms with Crippen molar-refractivity contribution >= 4 is 11.6 Å². The molecule has 0 amide bonds. The molecule has 0 saturated heterocycles. The van der Waals surface area contributed by atoms with E-state index >= 15 is 0 Å². The van der Waals surface area contributed by atoms with Crippen LogP contribution in [-0.2, 0) is 6.42 Å². The SMILES string of the molecule is c1cc(-c2cc(CCC3CCCCCC3)nc(C3CCCCC3)n2)ccc1NC1=NCCN1. The highest BCUT2D eigenvalue weighted by molar-refractivity contribution is 5.94. The second-order valence-electron chi connectivity index (χ2n) is 10.2. The largest absolute Gasteiger partial charge is 0.354 e. The molecule has 2 N–H and O–H groups in total. The second kappa shape index (κ2) is 11.1. The molecule has 2 aliphatic carbocycles. The topological polar surface area (TPSA) is 62.2 Å². The van der Waals surface area contributed by atoms with Gasteiger partial charge in [-0.15, -0.1) is 0 Å². The van der Waals surface area contributed by atoms with E-state index in [-0.39, 0.29) is 0 Å². The summed E-state index contributed by atoms with van der Waals surface area (Å²) in [5, 5.41) is 6.63. The zero-order chi connectivity index (χ0) is 22.3. The average molecular weight is 446 g/mol. The monoisotopic (exact) mass is 445 g/mol. The molecule has 2 aromatic rings. The van der Waals surface area contributed by atoms with Crippen molar-refractivity contribution < 1.29 is 0 Å². The lowest BCUT2D eigenvalue weighted by molar-refractivity contribution is 0.419. The van der Waals surface area contributed by atoms with Gasteiger partial charge in [0.2, 0.25) is 0 Å². The predicted molar refractivity (Wildman–Crippen MR) is 137 cm³/mol. The van der Waals surface area contributed by atoms with Crippen molar-refractivity contribution in [3.63, 3.8) is 0 Å². The van der Waals surface area contributed by atoms with Gasteiger partial charge >= 0.3 is 0 Å². The van der Waals surface area contributed by atoms with Crippen LogP contribution in [0.5, 0.6) is 0 Å². The number of guanidine groups is 1. The molecule has 2 heterocycles. The molecule has 0 atom stereocenters. The first-order valence-corrected chi connectivity index (χ1v) is 13.4. The van der Waals surface area contributed by atoms with Crippen LogP contribution in [0, 0.1) is 5.92 Å². The summed E-state index contributed by atoms with van der Waals surface area (Å²) in [4.78, 5) is 14.7. The molecular weight excluding hydrogens is 406 g/mol. The summed E-state index contributed by atoms with van der Waals surface area (Å²) in [6.45, 7) is 1.75. The molecule has 2 saturated carbocycles. The molecule has 2 fully saturated rings. The summed E-state index contributed by atoms with van der Waals surface area (Å²) >= 11 is 0. The first kappa shape index (κ1) is 22.4. The summed E-state index contributed by atoms with van der Waals surface area (Å²) in [6, 6.07) is 10.9. The Balaban J connectivity index is 1.34. The maximum Gasteiger partial charge on any atom is 0.195 e. The van der Waals surface area contributed by atoms with Gasteiger partial charge in [0.05, 0.1) is 12.2 Å². The fourth-order valence-electron chi connectivity index (χ4n) is 5.68. The number of anilines is 1. The minimum absolute atomic E-state index is 0.530. The van der Waals surface area contributed by atoms with Crippen LogP contribution in [-0.4, -0.2) is 29.0 Å². The zero-order valence-electron chi connectivity index (χ0n) is 20.0. The van der Waals surface area contributed by atoms with Crippen LogP contribution in [0.3, 0.4) is 0 Å². The average Bonchev–Trinajstić information content (AvgIpc) is 3.24. The third kappa shape index (κ3) is 6.13. The Morgan fingerprint density at radius 1 is 0.848 bits per heavy atom. The van der Waals surface area contributed by atoms with Gasteiger partial charge in [-0.1, -0.05) is 69.9 Å². The maximum atomic E-state index is 5.13. The standard InChI is InChI=1S/C28H39N5/c1-2-5-9-21(8-4-1)12-15-25-20-26(33-27(31-25)23-10-6-3-7-11-23)22-13-16-24(17-14-22)32-28-29-18-19-30-28/h13-14,16-17,20-21,23H,1-12,15,18-19H2,(H2,29,30,32). The minimum Gasteiger partial charge on any atom is -0.354 e. The third-order valence-corrected chi connectivity index (χ3v) is 7.67. The van der Waals surface area contributed by atoms with Crippen molar-refractivity contribution in [1.29, 1.82) is 0 Å². The number of nitrogens with zero attached hydrogens (tertiary/aromatic N) is 3. The van der Waals surface area contributed by atoms with Crippen molar-refractivity contribution in [2.24, 2.45) is 10.9 Å². The van der Waals surface area contributed by atoms with Gasteiger partial charge in [-0.3, -0.25) is 4.99 Å². The second-order valence-corrected chi connectivity index (χ2v) is 10.2. The molecule has 5 nitrogen and oxygen atoms in total. The van der Waals surface area contributed by atoms with E-state index in [9.17, 15) is 0 Å². The Morgan fingerprint density at radius 3 is 2.30 bits per heavy atom. The molecule has 1 aromatic heterocycles. The Labute approximate surface area is 198 Å². The number of rotatable bonds is 6. The summed E-state index contributed by atoms with van der Waals surface area (Å²) in [7, 11) is 0. The molecule has 3 aliphatic rings. The van der Waals surface area contributed by atoms with Crippen LogP contribution >= 0.6 is 0 Å². The Bertz CT molecular complexity index is 922. The Hall–Kier alpha value is -2.43. The molecule has 0 radical (unpaired) electrons. The summed E-state index contributed by atoms with van der Waals surface area (Å²) in [5.74, 6) is 3.36. The fraction of sp³-hybridized carbons (Fsp3) is 0.607. The van der Waals surface area contributed by atoms with Crippen molar-refractivity contribution in [2.75, 3.05) is 18.4 Å². The molecule has 0 spiro atoms. The van der Waals surface area contributed by atoms with E-state index < -0.39 is 0 Å². The molecule has 5 rings (SSSR count). The van der Waals surface area contributed by atoms with Gasteiger partial charge in [-0.05, 0) is 49.8 Å². The van der Waals surface area contributed by atoms with Gasteiger partial charge in [-0.2, -0.15) is 0 Å². The Kier molecular flexibility index (Phi) is 7.54. The maximum absolute atomic E-state index is 5.13. The van der Waals surface area contributed by atoms with E-state index in [1.165, 1.54) is 88.3 Å². The smallest absolute Gasteiger partial charge is 0.195 e. The molecule has 33 heavy (non-hydrogen) atoms. The molecule has 176 valence electrons. The molecular formula is C28H39N5. The van der Waals surface area contributed by atoms with Crippen LogP contribution in [0.25, 0.3) is 11.3 Å². The van der Waals surface area contributed by atoms with Crippen molar-refractivity contribution in [2.45, 2.75) is 89.4 Å². The van der Waals surface area contributed by atoms with Crippen molar-refractivity contribution in [3.8, 4) is 11.3 Å². The number of aryl methyl sites for hydroxylation is 1. The Morgan fingerprint density at radius 2 is 1.58 bits per heavy atom. The summed E-state index contributed by atoms with van der Waals surface area (Å²) in [6.07, 6.45) is 17.3. The number of benzene rings is 1. The van der Waals surface area contributed by atoms with E-state index in [1.807, 2.05) is 0 Å². The van der Waals surface area contributed by atoms with Crippen LogP contribution in [0.1, 0.15) is 94.5 Å². The van der Waals surface area contributed by atoms with Gasteiger partial charge in [0, 0.05) is 29.4 Å². The summed E-state index contributed by atoms with van der Waals surface area (Å²) < 4.78 is 0. The molecule has 1 aliphatic heterocycles. The third-order valence-electron chi connectivity index (χ3n) is 7.67. The minimum atomic E-state index is 0.530. The van der Waals surface area contributed by atoms with Crippen LogP contribution in [0.4, 0.5) is 5.69 Å². The molecule has 1 aromatic carbocycles. The van der Waals surface area contributed by atoms with E-state index in [0.717, 1.165) is 48.6 Å². The predicted octanol–water partition coefficient (Wildman–Crippen LogP) is 6.47. The number of aliphatic imine (C=N–C) groups is 1. The molecule has 0 bridgehead atoms. The number of hydrogen-bond acceptors (Lipinski definition) is 5. The van der Waals surface area contributed by atoms with Gasteiger partial charge < -0.3 is 10.6 Å².